The predicted molar refractivity (Wildman–Crippen MR) is 103 cm³/mol. The second-order valence-electron chi connectivity index (χ2n) is 6.58. The number of rotatable bonds is 6. The van der Waals surface area contributed by atoms with Crippen molar-refractivity contribution in [2.75, 3.05) is 39.3 Å². The van der Waals surface area contributed by atoms with Crippen LogP contribution in [0.4, 0.5) is 0 Å². The average molecular weight is 382 g/mol. The minimum atomic E-state index is -0.565. The maximum absolute atomic E-state index is 12.7. The summed E-state index contributed by atoms with van der Waals surface area (Å²) in [6, 6.07) is 5.36. The van der Waals surface area contributed by atoms with E-state index in [1.807, 2.05) is 24.8 Å². The molecule has 2 rings (SSSR count). The zero-order valence-corrected chi connectivity index (χ0v) is 16.5. The van der Waals surface area contributed by atoms with Gasteiger partial charge in [-0.1, -0.05) is 11.6 Å². The van der Waals surface area contributed by atoms with Gasteiger partial charge in [-0.25, -0.2) is 0 Å². The van der Waals surface area contributed by atoms with Gasteiger partial charge in [0.1, 0.15) is 5.75 Å². The Kier molecular flexibility index (Phi) is 7.72. The number of nitrogens with one attached hydrogen (secondary N) is 1. The smallest absolute Gasteiger partial charge is 0.263 e. The van der Waals surface area contributed by atoms with Crippen LogP contribution in [0.5, 0.6) is 5.75 Å². The summed E-state index contributed by atoms with van der Waals surface area (Å²) in [6.45, 7) is 9.38. The first-order chi connectivity index (χ1) is 12.4. The van der Waals surface area contributed by atoms with Crippen LogP contribution in [0.2, 0.25) is 5.02 Å². The fraction of sp³-hybridized carbons (Fsp3) is 0.579. The number of benzene rings is 1. The SMILES string of the molecule is CCNC(=O)CN1CCCN(C(=O)C(C)Oc2ccc(Cl)cc2C)CC1. The van der Waals surface area contributed by atoms with E-state index in [9.17, 15) is 9.59 Å². The molecule has 1 aliphatic heterocycles. The van der Waals surface area contributed by atoms with Gasteiger partial charge in [-0.2, -0.15) is 0 Å². The van der Waals surface area contributed by atoms with E-state index in [0.717, 1.165) is 18.5 Å². The maximum Gasteiger partial charge on any atom is 0.263 e. The van der Waals surface area contributed by atoms with Crippen molar-refractivity contribution in [3.05, 3.63) is 28.8 Å². The minimum absolute atomic E-state index is 0.0285. The highest BCUT2D eigenvalue weighted by atomic mass is 35.5. The van der Waals surface area contributed by atoms with Crippen molar-refractivity contribution in [2.24, 2.45) is 0 Å². The van der Waals surface area contributed by atoms with E-state index in [1.165, 1.54) is 0 Å². The van der Waals surface area contributed by atoms with E-state index in [4.69, 9.17) is 16.3 Å². The monoisotopic (exact) mass is 381 g/mol. The Labute approximate surface area is 160 Å². The molecule has 0 saturated carbocycles. The summed E-state index contributed by atoms with van der Waals surface area (Å²) in [6.07, 6.45) is 0.280. The summed E-state index contributed by atoms with van der Waals surface area (Å²) in [7, 11) is 0. The third kappa shape index (κ3) is 5.88. The normalized spacial score (nSPS) is 16.7. The zero-order chi connectivity index (χ0) is 19.1. The summed E-state index contributed by atoms with van der Waals surface area (Å²) in [5, 5.41) is 3.46. The van der Waals surface area contributed by atoms with E-state index in [1.54, 1.807) is 19.1 Å². The van der Waals surface area contributed by atoms with Gasteiger partial charge in [-0.05, 0) is 51.0 Å². The number of hydrogen-bond donors (Lipinski definition) is 1. The first-order valence-corrected chi connectivity index (χ1v) is 9.49. The molecule has 0 spiro atoms. The summed E-state index contributed by atoms with van der Waals surface area (Å²) < 4.78 is 5.85. The lowest BCUT2D eigenvalue weighted by atomic mass is 10.2. The molecule has 0 aromatic heterocycles. The predicted octanol–water partition coefficient (Wildman–Crippen LogP) is 2.09. The van der Waals surface area contributed by atoms with Crippen LogP contribution in [0.25, 0.3) is 0 Å². The van der Waals surface area contributed by atoms with Crippen molar-refractivity contribution in [1.29, 1.82) is 0 Å². The van der Waals surface area contributed by atoms with Gasteiger partial charge in [-0.3, -0.25) is 14.5 Å². The molecule has 1 aromatic carbocycles. The van der Waals surface area contributed by atoms with Crippen molar-refractivity contribution in [3.63, 3.8) is 0 Å². The van der Waals surface area contributed by atoms with Crippen molar-refractivity contribution < 1.29 is 14.3 Å². The number of carbonyl (C=O) groups is 2. The summed E-state index contributed by atoms with van der Waals surface area (Å²) in [4.78, 5) is 28.4. The van der Waals surface area contributed by atoms with Crippen LogP contribution in [0.3, 0.4) is 0 Å². The van der Waals surface area contributed by atoms with Gasteiger partial charge in [0.15, 0.2) is 6.10 Å². The molecular formula is C19H28ClN3O3. The van der Waals surface area contributed by atoms with Crippen LogP contribution in [-0.2, 0) is 9.59 Å². The van der Waals surface area contributed by atoms with Crippen molar-refractivity contribution in [1.82, 2.24) is 15.1 Å². The van der Waals surface area contributed by atoms with E-state index < -0.39 is 6.10 Å². The Morgan fingerprint density at radius 3 is 2.73 bits per heavy atom. The Hall–Kier alpha value is -1.79. The first kappa shape index (κ1) is 20.5. The van der Waals surface area contributed by atoms with Crippen molar-refractivity contribution >= 4 is 23.4 Å². The first-order valence-electron chi connectivity index (χ1n) is 9.11. The number of aryl methyl sites for hydroxylation is 1. The number of hydrogen-bond acceptors (Lipinski definition) is 4. The molecule has 1 aliphatic rings. The van der Waals surface area contributed by atoms with Crippen LogP contribution >= 0.6 is 11.6 Å². The summed E-state index contributed by atoms with van der Waals surface area (Å²) in [5.41, 5.74) is 0.904. The van der Waals surface area contributed by atoms with Gasteiger partial charge < -0.3 is 15.0 Å². The van der Waals surface area contributed by atoms with Crippen molar-refractivity contribution in [2.45, 2.75) is 33.3 Å². The lowest BCUT2D eigenvalue weighted by molar-refractivity contribution is -0.137. The summed E-state index contributed by atoms with van der Waals surface area (Å²) >= 11 is 5.96. The molecule has 1 heterocycles. The van der Waals surface area contributed by atoms with E-state index >= 15 is 0 Å². The molecule has 1 fully saturated rings. The third-order valence-electron chi connectivity index (χ3n) is 4.43. The molecule has 7 heteroatoms. The highest BCUT2D eigenvalue weighted by Gasteiger charge is 2.25. The van der Waals surface area contributed by atoms with Crippen molar-refractivity contribution in [3.8, 4) is 5.75 Å². The Bertz CT molecular complexity index is 638. The highest BCUT2D eigenvalue weighted by Crippen LogP contribution is 2.23. The molecule has 0 bridgehead atoms. The number of halogens is 1. The molecular weight excluding hydrogens is 354 g/mol. The Balaban J connectivity index is 1.89. The van der Waals surface area contributed by atoms with Crippen LogP contribution in [0.1, 0.15) is 25.8 Å². The third-order valence-corrected chi connectivity index (χ3v) is 4.66. The van der Waals surface area contributed by atoms with Gasteiger partial charge in [0.05, 0.1) is 6.54 Å². The van der Waals surface area contributed by atoms with Gasteiger partial charge in [0.2, 0.25) is 5.91 Å². The Morgan fingerprint density at radius 2 is 2.04 bits per heavy atom. The minimum Gasteiger partial charge on any atom is -0.481 e. The molecule has 1 aromatic rings. The fourth-order valence-electron chi connectivity index (χ4n) is 3.05. The molecule has 1 N–H and O–H groups in total. The maximum atomic E-state index is 12.7. The molecule has 1 atom stereocenters. The molecule has 2 amide bonds. The van der Waals surface area contributed by atoms with Gasteiger partial charge >= 0.3 is 0 Å². The van der Waals surface area contributed by atoms with E-state index in [2.05, 4.69) is 10.2 Å². The van der Waals surface area contributed by atoms with Crippen LogP contribution in [0.15, 0.2) is 18.2 Å². The largest absolute Gasteiger partial charge is 0.481 e. The standard InChI is InChI=1S/C19H28ClN3O3/c1-4-21-18(24)13-22-8-5-9-23(11-10-22)19(25)15(3)26-17-7-6-16(20)12-14(17)2/h6-7,12,15H,4-5,8-11,13H2,1-3H3,(H,21,24). The van der Waals surface area contributed by atoms with Crippen LogP contribution in [-0.4, -0.2) is 67.0 Å². The molecule has 1 saturated heterocycles. The number of amides is 2. The lowest BCUT2D eigenvalue weighted by Crippen LogP contribution is -2.43. The Morgan fingerprint density at radius 1 is 1.27 bits per heavy atom. The summed E-state index contributed by atoms with van der Waals surface area (Å²) in [5.74, 6) is 0.671. The highest BCUT2D eigenvalue weighted by molar-refractivity contribution is 6.30. The molecule has 1 unspecified atom stereocenters. The number of nitrogens with zero attached hydrogens (tertiary/aromatic N) is 2. The zero-order valence-electron chi connectivity index (χ0n) is 15.8. The van der Waals surface area contributed by atoms with Gasteiger partial charge in [0, 0.05) is 37.7 Å². The van der Waals surface area contributed by atoms with Crippen LogP contribution in [0, 0.1) is 6.92 Å². The molecule has 6 nitrogen and oxygen atoms in total. The van der Waals surface area contributed by atoms with Gasteiger partial charge in [0.25, 0.3) is 5.91 Å². The van der Waals surface area contributed by atoms with E-state index in [-0.39, 0.29) is 11.8 Å². The second kappa shape index (κ2) is 9.78. The molecule has 0 radical (unpaired) electrons. The molecule has 0 aliphatic carbocycles. The lowest BCUT2D eigenvalue weighted by Gasteiger charge is -2.25. The molecule has 144 valence electrons. The van der Waals surface area contributed by atoms with E-state index in [0.29, 0.717) is 43.5 Å². The molecule has 26 heavy (non-hydrogen) atoms. The number of likely N-dealkylation sites (N-methyl/N-ethyl adjacent to an activating group) is 1. The van der Waals surface area contributed by atoms with Gasteiger partial charge in [-0.15, -0.1) is 0 Å². The topological polar surface area (TPSA) is 61.9 Å². The number of carbonyl (C=O) groups excluding carboxylic acids is 2. The average Bonchev–Trinajstić information content (AvgIpc) is 2.82. The van der Waals surface area contributed by atoms with Crippen LogP contribution < -0.4 is 10.1 Å². The number of ether oxygens (including phenoxy) is 1. The second-order valence-corrected chi connectivity index (χ2v) is 7.01. The quantitative estimate of drug-likeness (QED) is 0.819. The fourth-order valence-corrected chi connectivity index (χ4v) is 3.28.